The number of thioether (sulfide) groups is 1. The van der Waals surface area contributed by atoms with E-state index in [9.17, 15) is 4.79 Å². The number of nitrogens with one attached hydrogen (secondary N) is 1. The first-order valence-corrected chi connectivity index (χ1v) is 6.19. The summed E-state index contributed by atoms with van der Waals surface area (Å²) in [7, 11) is 0. The molecule has 2 rings (SSSR count). The summed E-state index contributed by atoms with van der Waals surface area (Å²) in [5.74, 6) is 0.809. The predicted molar refractivity (Wildman–Crippen MR) is 65.4 cm³/mol. The monoisotopic (exact) mass is 255 g/mol. The Morgan fingerprint density at radius 2 is 2.25 bits per heavy atom. The lowest BCUT2D eigenvalue weighted by Gasteiger charge is -1.99. The second-order valence-corrected chi connectivity index (χ2v) is 4.79. The molecule has 5 N–H and O–H groups in total. The fraction of sp³-hybridized carbons (Fsp3) is 0.125. The van der Waals surface area contributed by atoms with Gasteiger partial charge in [-0.05, 0) is 0 Å². The van der Waals surface area contributed by atoms with Crippen molar-refractivity contribution in [1.29, 1.82) is 0 Å². The van der Waals surface area contributed by atoms with Crippen LogP contribution in [0.4, 0.5) is 10.9 Å². The third-order valence-electron chi connectivity index (χ3n) is 1.67. The maximum Gasteiger partial charge on any atom is 0.253 e. The van der Waals surface area contributed by atoms with E-state index < -0.39 is 0 Å². The fourth-order valence-corrected chi connectivity index (χ4v) is 2.50. The van der Waals surface area contributed by atoms with E-state index in [0.29, 0.717) is 16.0 Å². The van der Waals surface area contributed by atoms with Crippen LogP contribution in [0.3, 0.4) is 0 Å². The normalized spacial score (nSPS) is 10.5. The molecule has 84 valence electrons. The molecular weight excluding hydrogens is 246 g/mol. The van der Waals surface area contributed by atoms with Crippen LogP contribution in [0.15, 0.2) is 21.4 Å². The van der Waals surface area contributed by atoms with Gasteiger partial charge in [0.2, 0.25) is 0 Å². The molecule has 6 nitrogen and oxygen atoms in total. The SMILES string of the molecule is Nc1cc(=O)[nH]c(SCc2csc(N)n2)n1. The van der Waals surface area contributed by atoms with Crippen LogP contribution in [0.2, 0.25) is 0 Å². The number of nitrogen functional groups attached to an aromatic ring is 2. The minimum absolute atomic E-state index is 0.212. The van der Waals surface area contributed by atoms with E-state index in [1.165, 1.54) is 29.2 Å². The average molecular weight is 255 g/mol. The zero-order valence-corrected chi connectivity index (χ0v) is 9.77. The number of H-pyrrole nitrogens is 1. The van der Waals surface area contributed by atoms with E-state index in [0.717, 1.165) is 5.69 Å². The van der Waals surface area contributed by atoms with Crippen molar-refractivity contribution >= 4 is 34.0 Å². The lowest BCUT2D eigenvalue weighted by atomic mass is 10.6. The van der Waals surface area contributed by atoms with Gasteiger partial charge in [-0.2, -0.15) is 0 Å². The Labute approximate surface area is 99.1 Å². The van der Waals surface area contributed by atoms with Crippen LogP contribution in [-0.4, -0.2) is 15.0 Å². The number of nitrogens with zero attached hydrogens (tertiary/aromatic N) is 2. The van der Waals surface area contributed by atoms with Crippen LogP contribution in [-0.2, 0) is 5.75 Å². The van der Waals surface area contributed by atoms with Gasteiger partial charge >= 0.3 is 0 Å². The highest BCUT2D eigenvalue weighted by molar-refractivity contribution is 7.98. The first-order chi connectivity index (χ1) is 7.63. The van der Waals surface area contributed by atoms with Crippen molar-refractivity contribution in [3.8, 4) is 0 Å². The molecule has 0 saturated carbocycles. The zero-order valence-electron chi connectivity index (χ0n) is 8.14. The molecule has 0 aromatic carbocycles. The van der Waals surface area contributed by atoms with Crippen LogP contribution in [0.25, 0.3) is 0 Å². The van der Waals surface area contributed by atoms with Crippen molar-refractivity contribution in [3.63, 3.8) is 0 Å². The molecule has 0 fully saturated rings. The second kappa shape index (κ2) is 4.54. The van der Waals surface area contributed by atoms with Gasteiger partial charge in [0, 0.05) is 17.2 Å². The molecular formula is C8H9N5OS2. The van der Waals surface area contributed by atoms with Gasteiger partial charge in [-0.3, -0.25) is 4.79 Å². The molecule has 0 aliphatic carbocycles. The number of aromatic amines is 1. The molecule has 8 heteroatoms. The number of aromatic nitrogens is 3. The van der Waals surface area contributed by atoms with E-state index in [1.807, 2.05) is 5.38 Å². The molecule has 2 heterocycles. The number of rotatable bonds is 3. The molecule has 0 amide bonds. The van der Waals surface area contributed by atoms with E-state index in [-0.39, 0.29) is 11.4 Å². The lowest BCUT2D eigenvalue weighted by Crippen LogP contribution is -2.09. The molecule has 0 unspecified atom stereocenters. The van der Waals surface area contributed by atoms with Crippen molar-refractivity contribution in [3.05, 3.63) is 27.5 Å². The molecule has 0 radical (unpaired) electrons. The van der Waals surface area contributed by atoms with Crippen LogP contribution in [0.5, 0.6) is 0 Å². The predicted octanol–water partition coefficient (Wildman–Crippen LogP) is 0.683. The number of thiazole rings is 1. The van der Waals surface area contributed by atoms with Crippen LogP contribution in [0.1, 0.15) is 5.69 Å². The summed E-state index contributed by atoms with van der Waals surface area (Å²) in [6.45, 7) is 0. The summed E-state index contributed by atoms with van der Waals surface area (Å²) in [5, 5.41) is 2.88. The van der Waals surface area contributed by atoms with Crippen LogP contribution in [0, 0.1) is 0 Å². The Kier molecular flexibility index (Phi) is 3.11. The molecule has 0 spiro atoms. The van der Waals surface area contributed by atoms with Crippen LogP contribution >= 0.6 is 23.1 Å². The van der Waals surface area contributed by atoms with Gasteiger partial charge in [-0.15, -0.1) is 11.3 Å². The molecule has 0 saturated heterocycles. The highest BCUT2D eigenvalue weighted by Crippen LogP contribution is 2.20. The van der Waals surface area contributed by atoms with Crippen molar-refractivity contribution in [2.24, 2.45) is 0 Å². The largest absolute Gasteiger partial charge is 0.383 e. The molecule has 2 aromatic rings. The summed E-state index contributed by atoms with van der Waals surface area (Å²) in [6.07, 6.45) is 0. The second-order valence-electron chi connectivity index (χ2n) is 2.94. The summed E-state index contributed by atoms with van der Waals surface area (Å²) < 4.78 is 0. The standard InChI is InChI=1S/C8H9N5OS2/c9-5-1-6(14)13-8(12-5)16-3-4-2-15-7(10)11-4/h1-2H,3H2,(H2,10,11)(H3,9,12,13,14). The number of hydrogen-bond acceptors (Lipinski definition) is 7. The zero-order chi connectivity index (χ0) is 11.5. The van der Waals surface area contributed by atoms with E-state index in [2.05, 4.69) is 15.0 Å². The lowest BCUT2D eigenvalue weighted by molar-refractivity contribution is 0.944. The third-order valence-corrected chi connectivity index (χ3v) is 3.30. The van der Waals surface area contributed by atoms with Crippen molar-refractivity contribution in [2.75, 3.05) is 11.5 Å². The summed E-state index contributed by atoms with van der Waals surface area (Å²) in [5.41, 5.74) is 11.6. The van der Waals surface area contributed by atoms with Gasteiger partial charge in [0.05, 0.1) is 5.69 Å². The van der Waals surface area contributed by atoms with Crippen molar-refractivity contribution in [2.45, 2.75) is 10.9 Å². The Balaban J connectivity index is 2.07. The molecule has 2 aromatic heterocycles. The van der Waals surface area contributed by atoms with Gasteiger partial charge < -0.3 is 16.5 Å². The van der Waals surface area contributed by atoms with Crippen LogP contribution < -0.4 is 17.0 Å². The highest BCUT2D eigenvalue weighted by atomic mass is 32.2. The Morgan fingerprint density at radius 1 is 1.44 bits per heavy atom. The van der Waals surface area contributed by atoms with Crippen molar-refractivity contribution in [1.82, 2.24) is 15.0 Å². The van der Waals surface area contributed by atoms with Gasteiger partial charge in [-0.25, -0.2) is 9.97 Å². The molecule has 0 bridgehead atoms. The molecule has 0 aliphatic rings. The summed E-state index contributed by atoms with van der Waals surface area (Å²) in [4.78, 5) is 21.8. The Bertz CT molecular complexity index is 549. The quantitative estimate of drug-likeness (QED) is 0.549. The smallest absolute Gasteiger partial charge is 0.253 e. The van der Waals surface area contributed by atoms with E-state index >= 15 is 0 Å². The van der Waals surface area contributed by atoms with Gasteiger partial charge in [-0.1, -0.05) is 11.8 Å². The minimum Gasteiger partial charge on any atom is -0.383 e. The van der Waals surface area contributed by atoms with E-state index in [4.69, 9.17) is 11.5 Å². The Morgan fingerprint density at radius 3 is 2.88 bits per heavy atom. The molecule has 0 atom stereocenters. The van der Waals surface area contributed by atoms with Crippen molar-refractivity contribution < 1.29 is 0 Å². The summed E-state index contributed by atoms with van der Waals surface area (Å²) >= 11 is 2.74. The van der Waals surface area contributed by atoms with Gasteiger partial charge in [0.15, 0.2) is 10.3 Å². The maximum atomic E-state index is 11.1. The first kappa shape index (κ1) is 11.0. The first-order valence-electron chi connectivity index (χ1n) is 4.33. The minimum atomic E-state index is -0.257. The topological polar surface area (TPSA) is 111 Å². The van der Waals surface area contributed by atoms with E-state index in [1.54, 1.807) is 0 Å². The number of hydrogen-bond donors (Lipinski definition) is 3. The average Bonchev–Trinajstić information content (AvgIpc) is 2.60. The summed E-state index contributed by atoms with van der Waals surface area (Å²) in [6, 6.07) is 1.24. The van der Waals surface area contributed by atoms with Gasteiger partial charge in [0.25, 0.3) is 5.56 Å². The Hall–Kier alpha value is -1.54. The van der Waals surface area contributed by atoms with Gasteiger partial charge in [0.1, 0.15) is 5.82 Å². The molecule has 0 aliphatic heterocycles. The number of nitrogens with two attached hydrogens (primary N) is 2. The maximum absolute atomic E-state index is 11.1. The third kappa shape index (κ3) is 2.74. The molecule has 16 heavy (non-hydrogen) atoms. The fourth-order valence-electron chi connectivity index (χ4n) is 1.05. The number of anilines is 2. The highest BCUT2D eigenvalue weighted by Gasteiger charge is 2.03.